The number of unbranched alkanes of at least 4 members (excludes halogenated alkanes) is 11. The summed E-state index contributed by atoms with van der Waals surface area (Å²) < 4.78 is 16.8. The number of carbonyl (C=O) groups is 3. The van der Waals surface area contributed by atoms with Crippen LogP contribution in [0.4, 0.5) is 0 Å². The molecule has 0 rings (SSSR count). The maximum absolute atomic E-state index is 12.9. The van der Waals surface area contributed by atoms with Crippen molar-refractivity contribution in [3.05, 3.63) is 207 Å². The van der Waals surface area contributed by atoms with E-state index >= 15 is 0 Å². The molecule has 0 aromatic heterocycles. The minimum Gasteiger partial charge on any atom is -0.462 e. The first kappa shape index (κ1) is 77.0. The normalized spacial score (nSPS) is 13.5. The fraction of sp³-hybridized carbons (Fsp3) is 0.519. The molecule has 460 valence electrons. The molecular formula is C77H116O6. The van der Waals surface area contributed by atoms with Gasteiger partial charge in [-0.1, -0.05) is 272 Å². The van der Waals surface area contributed by atoms with Crippen molar-refractivity contribution in [3.8, 4) is 0 Å². The number of hydrogen-bond acceptors (Lipinski definition) is 6. The molecule has 83 heavy (non-hydrogen) atoms. The second kappa shape index (κ2) is 68.5. The van der Waals surface area contributed by atoms with Gasteiger partial charge in [0, 0.05) is 19.3 Å². The van der Waals surface area contributed by atoms with E-state index in [9.17, 15) is 14.4 Å². The third kappa shape index (κ3) is 66.7. The maximum Gasteiger partial charge on any atom is 0.306 e. The van der Waals surface area contributed by atoms with E-state index in [1.54, 1.807) is 0 Å². The van der Waals surface area contributed by atoms with Crippen LogP contribution >= 0.6 is 0 Å². The van der Waals surface area contributed by atoms with Crippen LogP contribution in [0.15, 0.2) is 207 Å². The van der Waals surface area contributed by atoms with Gasteiger partial charge < -0.3 is 14.2 Å². The summed E-state index contributed by atoms with van der Waals surface area (Å²) >= 11 is 0. The summed E-state index contributed by atoms with van der Waals surface area (Å²) in [4.78, 5) is 38.4. The molecule has 0 aliphatic heterocycles. The second-order valence-corrected chi connectivity index (χ2v) is 20.5. The van der Waals surface area contributed by atoms with Crippen LogP contribution in [0.5, 0.6) is 0 Å². The first-order valence-electron chi connectivity index (χ1n) is 32.6. The summed E-state index contributed by atoms with van der Waals surface area (Å²) in [6.45, 7) is 6.19. The van der Waals surface area contributed by atoms with E-state index in [1.165, 1.54) is 32.1 Å². The minimum absolute atomic E-state index is 0.135. The molecule has 1 atom stereocenters. The Labute approximate surface area is 509 Å². The zero-order chi connectivity index (χ0) is 59.9. The highest BCUT2D eigenvalue weighted by Crippen LogP contribution is 2.13. The van der Waals surface area contributed by atoms with Crippen molar-refractivity contribution >= 4 is 17.9 Å². The molecule has 0 N–H and O–H groups in total. The highest BCUT2D eigenvalue weighted by molar-refractivity contribution is 5.71. The van der Waals surface area contributed by atoms with Crippen LogP contribution < -0.4 is 0 Å². The van der Waals surface area contributed by atoms with E-state index in [0.717, 1.165) is 161 Å². The van der Waals surface area contributed by atoms with Crippen molar-refractivity contribution in [3.63, 3.8) is 0 Å². The topological polar surface area (TPSA) is 78.9 Å². The molecule has 0 aromatic rings. The van der Waals surface area contributed by atoms with E-state index < -0.39 is 12.1 Å². The van der Waals surface area contributed by atoms with Gasteiger partial charge in [-0.3, -0.25) is 14.4 Å². The van der Waals surface area contributed by atoms with E-state index in [2.05, 4.69) is 215 Å². The van der Waals surface area contributed by atoms with E-state index in [4.69, 9.17) is 14.2 Å². The van der Waals surface area contributed by atoms with Gasteiger partial charge in [0.1, 0.15) is 13.2 Å². The Morgan fingerprint density at radius 2 is 0.458 bits per heavy atom. The number of ether oxygens (including phenoxy) is 3. The van der Waals surface area contributed by atoms with E-state index in [0.29, 0.717) is 19.3 Å². The number of hydrogen-bond donors (Lipinski definition) is 0. The minimum atomic E-state index is -0.851. The number of rotatable bonds is 56. The quantitative estimate of drug-likeness (QED) is 0.0261. The van der Waals surface area contributed by atoms with Crippen molar-refractivity contribution < 1.29 is 28.6 Å². The molecular weight excluding hydrogens is 1020 g/mol. The molecule has 0 radical (unpaired) electrons. The van der Waals surface area contributed by atoms with E-state index in [1.807, 2.05) is 12.2 Å². The van der Waals surface area contributed by atoms with Crippen LogP contribution in [0, 0.1) is 0 Å². The van der Waals surface area contributed by atoms with Crippen LogP contribution in [-0.4, -0.2) is 37.2 Å². The highest BCUT2D eigenvalue weighted by atomic mass is 16.6. The van der Waals surface area contributed by atoms with Gasteiger partial charge in [-0.15, -0.1) is 0 Å². The lowest BCUT2D eigenvalue weighted by atomic mass is 10.1. The number of allylic oxidation sites excluding steroid dienone is 34. The summed E-state index contributed by atoms with van der Waals surface area (Å²) in [5, 5.41) is 0. The summed E-state index contributed by atoms with van der Waals surface area (Å²) in [6, 6.07) is 0. The van der Waals surface area contributed by atoms with Gasteiger partial charge in [-0.2, -0.15) is 0 Å². The van der Waals surface area contributed by atoms with E-state index in [-0.39, 0.29) is 31.6 Å². The van der Waals surface area contributed by atoms with Crippen molar-refractivity contribution in [1.82, 2.24) is 0 Å². The molecule has 0 amide bonds. The first-order chi connectivity index (χ1) is 41.0. The molecule has 6 nitrogen and oxygen atoms in total. The van der Waals surface area contributed by atoms with Crippen LogP contribution in [-0.2, 0) is 28.6 Å². The molecule has 0 heterocycles. The van der Waals surface area contributed by atoms with Gasteiger partial charge in [0.2, 0.25) is 0 Å². The largest absolute Gasteiger partial charge is 0.462 e. The maximum atomic E-state index is 12.9. The fourth-order valence-electron chi connectivity index (χ4n) is 8.03. The highest BCUT2D eigenvalue weighted by Gasteiger charge is 2.19. The standard InChI is InChI=1S/C77H116O6/c1-4-7-10-13-16-19-22-25-28-31-34-35-36-37-38-39-40-41-44-46-49-52-55-58-61-64-67-70-76(79)82-73-74(83-77(80)71-68-65-62-59-56-53-50-47-43-33-30-27-24-21-18-15-12-9-6-3)72-81-75(78)69-66-63-60-57-54-51-48-45-42-32-29-26-23-20-17-14-11-8-5-2/h7-12,16-21,25-30,34-35,37-38,40-43,45,47,51,53-54,56,62,65,74H,4-6,13-15,22-24,31-33,36,39,44,46,48-50,52,55,57-61,63-64,66-73H2,1-3H3/b10-7-,11-8-,12-9-,19-16-,20-17-,21-18-,28-25-,29-26-,30-27-,35-34-,38-37-,41-40-,45-42-,47-43-,54-51-,56-53-,65-62-. The van der Waals surface area contributed by atoms with Gasteiger partial charge in [0.05, 0.1) is 0 Å². The number of esters is 3. The molecule has 6 heteroatoms. The van der Waals surface area contributed by atoms with Gasteiger partial charge in [-0.05, 0) is 154 Å². The van der Waals surface area contributed by atoms with Crippen LogP contribution in [0.3, 0.4) is 0 Å². The Morgan fingerprint density at radius 3 is 0.735 bits per heavy atom. The van der Waals surface area contributed by atoms with Gasteiger partial charge in [0.25, 0.3) is 0 Å². The first-order valence-corrected chi connectivity index (χ1v) is 32.6. The Balaban J connectivity index is 4.57. The lowest BCUT2D eigenvalue weighted by Crippen LogP contribution is -2.30. The van der Waals surface area contributed by atoms with Crippen molar-refractivity contribution in [1.29, 1.82) is 0 Å². The third-order valence-corrected chi connectivity index (χ3v) is 12.8. The summed E-state index contributed by atoms with van der Waals surface area (Å²) in [7, 11) is 0. The van der Waals surface area contributed by atoms with Gasteiger partial charge >= 0.3 is 17.9 Å². The molecule has 0 aliphatic rings. The Morgan fingerprint density at radius 1 is 0.241 bits per heavy atom. The molecule has 1 unspecified atom stereocenters. The Kier molecular flexibility index (Phi) is 63.5. The average Bonchev–Trinajstić information content (AvgIpc) is 3.50. The molecule has 0 aromatic carbocycles. The summed E-state index contributed by atoms with van der Waals surface area (Å²) in [5.74, 6) is -1.07. The fourth-order valence-corrected chi connectivity index (χ4v) is 8.03. The summed E-state index contributed by atoms with van der Waals surface area (Å²) in [6.07, 6.45) is 106. The zero-order valence-corrected chi connectivity index (χ0v) is 52.6. The predicted molar refractivity (Wildman–Crippen MR) is 361 cm³/mol. The third-order valence-electron chi connectivity index (χ3n) is 12.8. The molecule has 0 saturated carbocycles. The van der Waals surface area contributed by atoms with Gasteiger partial charge in [-0.25, -0.2) is 0 Å². The monoisotopic (exact) mass is 1140 g/mol. The molecule has 0 saturated heterocycles. The average molecular weight is 1140 g/mol. The van der Waals surface area contributed by atoms with Crippen molar-refractivity contribution in [2.75, 3.05) is 13.2 Å². The second-order valence-electron chi connectivity index (χ2n) is 20.5. The Hall–Kier alpha value is -6.01. The number of carbonyl (C=O) groups excluding carboxylic acids is 3. The van der Waals surface area contributed by atoms with Gasteiger partial charge in [0.15, 0.2) is 6.10 Å². The van der Waals surface area contributed by atoms with Crippen LogP contribution in [0.1, 0.15) is 239 Å². The lowest BCUT2D eigenvalue weighted by molar-refractivity contribution is -0.166. The summed E-state index contributed by atoms with van der Waals surface area (Å²) in [5.41, 5.74) is 0. The van der Waals surface area contributed by atoms with Crippen LogP contribution in [0.2, 0.25) is 0 Å². The smallest absolute Gasteiger partial charge is 0.306 e. The zero-order valence-electron chi connectivity index (χ0n) is 52.6. The lowest BCUT2D eigenvalue weighted by Gasteiger charge is -2.18. The molecule has 0 bridgehead atoms. The molecule has 0 aliphatic carbocycles. The SMILES string of the molecule is CC/C=C\C/C=C\C/C=C\C/C=C\C/C=C\C/C=C\CCCCCCCCCCC(=O)OCC(COC(=O)CCCCC/C=C\C/C=C\C/C=C\C/C=C\C/C=C\CC)OC(=O)CC/C=C\C/C=C\C/C=C\C/C=C\C/C=C\C/C=C\CC. The predicted octanol–water partition coefficient (Wildman–Crippen LogP) is 22.8. The van der Waals surface area contributed by atoms with Crippen molar-refractivity contribution in [2.45, 2.75) is 245 Å². The van der Waals surface area contributed by atoms with Crippen molar-refractivity contribution in [2.24, 2.45) is 0 Å². The van der Waals surface area contributed by atoms with Crippen LogP contribution in [0.25, 0.3) is 0 Å². The molecule has 0 spiro atoms. The molecule has 0 fully saturated rings. The Bertz CT molecular complexity index is 2030.